The minimum atomic E-state index is -5.78. The molecule has 0 amide bonds. The first-order valence-corrected chi connectivity index (χ1v) is 11.8. The van der Waals surface area contributed by atoms with Gasteiger partial charge in [-0.2, -0.15) is 26.6 Å². The number of hydrogen-bond donors (Lipinski definition) is 0. The van der Waals surface area contributed by atoms with Crippen LogP contribution < -0.4 is 4.18 Å². The van der Waals surface area contributed by atoms with Crippen LogP contribution in [-0.2, 0) is 35.8 Å². The summed E-state index contributed by atoms with van der Waals surface area (Å²) in [5.74, 6) is -0.497. The predicted molar refractivity (Wildman–Crippen MR) is 102 cm³/mol. The molecule has 29 heavy (non-hydrogen) atoms. The Morgan fingerprint density at radius 2 is 1.76 bits per heavy atom. The second-order valence-electron chi connectivity index (χ2n) is 7.55. The van der Waals surface area contributed by atoms with E-state index in [-0.39, 0.29) is 10.6 Å². The second kappa shape index (κ2) is 7.16. The number of aromatic nitrogens is 2. The van der Waals surface area contributed by atoms with Crippen molar-refractivity contribution in [3.05, 3.63) is 46.6 Å². The molecule has 2 aromatic rings. The van der Waals surface area contributed by atoms with Crippen LogP contribution in [-0.4, -0.2) is 30.1 Å². The van der Waals surface area contributed by atoms with Crippen molar-refractivity contribution >= 4 is 21.9 Å². The molecular formula is C19H19F3N2O3S2. The highest BCUT2D eigenvalue weighted by Gasteiger charge is 2.49. The minimum absolute atomic E-state index is 0.0362. The summed E-state index contributed by atoms with van der Waals surface area (Å²) in [6.07, 6.45) is 6.12. The van der Waals surface area contributed by atoms with Gasteiger partial charge in [-0.3, -0.25) is 0 Å². The van der Waals surface area contributed by atoms with E-state index in [2.05, 4.69) is 26.3 Å². The largest absolute Gasteiger partial charge is 0.534 e. The monoisotopic (exact) mass is 444 g/mol. The molecule has 0 aliphatic heterocycles. The van der Waals surface area contributed by atoms with Gasteiger partial charge >= 0.3 is 15.6 Å². The normalized spacial score (nSPS) is 21.5. The lowest BCUT2D eigenvalue weighted by Gasteiger charge is -2.41. The standard InChI is InChI=1S/C19H19F3N2O3S2/c1-28-17-23-15-11-18(8-6-12-4-2-3-5-13(12)10-18)9-7-14(15)16(24-17)27-29(25,26)19(20,21)22/h2-5H,6-11H2,1H3. The molecule has 0 N–H and O–H groups in total. The summed E-state index contributed by atoms with van der Waals surface area (Å²) < 4.78 is 65.9. The van der Waals surface area contributed by atoms with Crippen LogP contribution in [0.2, 0.25) is 0 Å². The Bertz CT molecular complexity index is 1060. The molecule has 1 spiro atoms. The third-order valence-electron chi connectivity index (χ3n) is 5.75. The van der Waals surface area contributed by atoms with Gasteiger partial charge in [0.2, 0.25) is 5.88 Å². The van der Waals surface area contributed by atoms with Gasteiger partial charge in [0.15, 0.2) is 5.16 Å². The maximum absolute atomic E-state index is 12.8. The fourth-order valence-corrected chi connectivity index (χ4v) is 5.07. The third kappa shape index (κ3) is 3.84. The van der Waals surface area contributed by atoms with E-state index in [4.69, 9.17) is 0 Å². The van der Waals surface area contributed by atoms with Gasteiger partial charge in [0, 0.05) is 5.56 Å². The molecule has 10 heteroatoms. The number of nitrogens with zero attached hydrogens (tertiary/aromatic N) is 2. The maximum Gasteiger partial charge on any atom is 0.534 e. The average molecular weight is 445 g/mol. The molecule has 1 unspecified atom stereocenters. The number of rotatable bonds is 3. The van der Waals surface area contributed by atoms with Crippen LogP contribution in [0.15, 0.2) is 29.4 Å². The molecule has 2 aliphatic carbocycles. The Morgan fingerprint density at radius 1 is 1.07 bits per heavy atom. The highest BCUT2D eigenvalue weighted by molar-refractivity contribution is 7.98. The minimum Gasteiger partial charge on any atom is -0.355 e. The number of aryl methyl sites for hydroxylation is 1. The van der Waals surface area contributed by atoms with Gasteiger partial charge in [0.05, 0.1) is 5.69 Å². The molecule has 0 saturated heterocycles. The second-order valence-corrected chi connectivity index (χ2v) is 9.86. The molecule has 5 nitrogen and oxygen atoms in total. The first kappa shape index (κ1) is 20.5. The Labute approximate surface area is 171 Å². The molecule has 1 heterocycles. The molecule has 2 aliphatic rings. The molecule has 0 saturated carbocycles. The van der Waals surface area contributed by atoms with Crippen LogP contribution in [0.1, 0.15) is 35.2 Å². The summed E-state index contributed by atoms with van der Waals surface area (Å²) in [6, 6.07) is 8.27. The van der Waals surface area contributed by atoms with E-state index in [0.717, 1.165) is 37.4 Å². The lowest BCUT2D eigenvalue weighted by molar-refractivity contribution is -0.0502. The van der Waals surface area contributed by atoms with Crippen molar-refractivity contribution in [1.29, 1.82) is 0 Å². The molecule has 1 aromatic carbocycles. The Morgan fingerprint density at radius 3 is 2.45 bits per heavy atom. The summed E-state index contributed by atoms with van der Waals surface area (Å²) in [5, 5.41) is 0.199. The van der Waals surface area contributed by atoms with E-state index in [1.54, 1.807) is 6.26 Å². The zero-order chi connectivity index (χ0) is 20.9. The lowest BCUT2D eigenvalue weighted by atomic mass is 9.63. The van der Waals surface area contributed by atoms with E-state index in [1.807, 2.05) is 12.1 Å². The van der Waals surface area contributed by atoms with E-state index in [9.17, 15) is 21.6 Å². The predicted octanol–water partition coefficient (Wildman–Crippen LogP) is 4.09. The first-order chi connectivity index (χ1) is 13.6. The summed E-state index contributed by atoms with van der Waals surface area (Å²) in [7, 11) is -5.78. The Kier molecular flexibility index (Phi) is 5.05. The van der Waals surface area contributed by atoms with Crippen LogP contribution in [0.4, 0.5) is 13.2 Å². The fourth-order valence-electron chi connectivity index (χ4n) is 4.26. The van der Waals surface area contributed by atoms with Gasteiger partial charge in [-0.15, -0.1) is 0 Å². The van der Waals surface area contributed by atoms with Crippen LogP contribution >= 0.6 is 11.8 Å². The van der Waals surface area contributed by atoms with Gasteiger partial charge < -0.3 is 4.18 Å². The van der Waals surface area contributed by atoms with Gasteiger partial charge in [0.25, 0.3) is 0 Å². The number of thioether (sulfide) groups is 1. The van der Waals surface area contributed by atoms with Crippen molar-refractivity contribution in [2.75, 3.05) is 6.26 Å². The SMILES string of the molecule is CSc1nc2c(c(OS(=O)(=O)C(F)(F)F)n1)CCC1(CCc3ccccc3C1)C2. The maximum atomic E-state index is 12.8. The zero-order valence-corrected chi connectivity index (χ0v) is 17.3. The Balaban J connectivity index is 1.69. The van der Waals surface area contributed by atoms with E-state index in [0.29, 0.717) is 24.1 Å². The molecular weight excluding hydrogens is 425 g/mol. The fraction of sp³-hybridized carbons (Fsp3) is 0.474. The first-order valence-electron chi connectivity index (χ1n) is 9.14. The number of benzene rings is 1. The van der Waals surface area contributed by atoms with Gasteiger partial charge in [-0.05, 0) is 61.3 Å². The van der Waals surface area contributed by atoms with Crippen molar-refractivity contribution in [3.63, 3.8) is 0 Å². The summed E-state index contributed by atoms with van der Waals surface area (Å²) in [4.78, 5) is 8.41. The van der Waals surface area contributed by atoms with Gasteiger partial charge in [0.1, 0.15) is 0 Å². The molecule has 156 valence electrons. The zero-order valence-electron chi connectivity index (χ0n) is 15.6. The highest BCUT2D eigenvalue weighted by Crippen LogP contribution is 2.46. The number of halogens is 3. The summed E-state index contributed by atoms with van der Waals surface area (Å²) in [6.45, 7) is 0. The van der Waals surface area contributed by atoms with Crippen LogP contribution in [0.5, 0.6) is 5.88 Å². The third-order valence-corrected chi connectivity index (χ3v) is 7.24. The van der Waals surface area contributed by atoms with E-state index >= 15 is 0 Å². The van der Waals surface area contributed by atoms with Crippen LogP contribution in [0.25, 0.3) is 0 Å². The highest BCUT2D eigenvalue weighted by atomic mass is 32.2. The lowest BCUT2D eigenvalue weighted by Crippen LogP contribution is -2.36. The molecule has 0 radical (unpaired) electrons. The molecule has 4 rings (SSSR count). The van der Waals surface area contributed by atoms with Crippen molar-refractivity contribution in [3.8, 4) is 5.88 Å². The molecule has 0 bridgehead atoms. The number of alkyl halides is 3. The van der Waals surface area contributed by atoms with Crippen molar-refractivity contribution in [1.82, 2.24) is 9.97 Å². The number of fused-ring (bicyclic) bond motifs is 2. The quantitative estimate of drug-likeness (QED) is 0.307. The molecule has 1 aromatic heterocycles. The van der Waals surface area contributed by atoms with Gasteiger partial charge in [-0.25, -0.2) is 4.98 Å². The van der Waals surface area contributed by atoms with E-state index < -0.39 is 21.5 Å². The summed E-state index contributed by atoms with van der Waals surface area (Å²) in [5.41, 5.74) is -1.98. The van der Waals surface area contributed by atoms with Crippen molar-refractivity contribution in [2.24, 2.45) is 5.41 Å². The molecule has 0 fully saturated rings. The summed E-state index contributed by atoms with van der Waals surface area (Å²) >= 11 is 1.13. The van der Waals surface area contributed by atoms with Crippen LogP contribution in [0, 0.1) is 5.41 Å². The van der Waals surface area contributed by atoms with Crippen LogP contribution in [0.3, 0.4) is 0 Å². The van der Waals surface area contributed by atoms with Crippen molar-refractivity contribution < 1.29 is 25.8 Å². The number of hydrogen-bond acceptors (Lipinski definition) is 6. The topological polar surface area (TPSA) is 69.2 Å². The van der Waals surface area contributed by atoms with Gasteiger partial charge in [-0.1, -0.05) is 36.0 Å². The molecule has 1 atom stereocenters. The Hall–Kier alpha value is -1.81. The average Bonchev–Trinajstić information content (AvgIpc) is 2.66. The van der Waals surface area contributed by atoms with E-state index in [1.165, 1.54) is 11.1 Å². The van der Waals surface area contributed by atoms with Crippen molar-refractivity contribution in [2.45, 2.75) is 49.2 Å². The smallest absolute Gasteiger partial charge is 0.355 e.